The van der Waals surface area contributed by atoms with Crippen molar-refractivity contribution in [2.24, 2.45) is 0 Å². The number of carboxylic acid groups (broad SMARTS) is 1. The van der Waals surface area contributed by atoms with E-state index in [9.17, 15) is 14.0 Å². The van der Waals surface area contributed by atoms with Crippen molar-refractivity contribution in [3.05, 3.63) is 58.4 Å². The summed E-state index contributed by atoms with van der Waals surface area (Å²) in [5.41, 5.74) is 0.518. The number of nitrogens with zero attached hydrogens (tertiary/aromatic N) is 3. The van der Waals surface area contributed by atoms with E-state index < -0.39 is 17.7 Å². The molecule has 2 N–H and O–H groups in total. The predicted molar refractivity (Wildman–Crippen MR) is 96.3 cm³/mol. The van der Waals surface area contributed by atoms with Gasteiger partial charge in [-0.25, -0.2) is 19.2 Å². The highest BCUT2D eigenvalue weighted by molar-refractivity contribution is 6.30. The number of likely N-dealkylation sites (N-methyl/N-ethyl adjacent to an activating group) is 1. The third kappa shape index (κ3) is 4.06. The number of aromatic nitrogens is 2. The molecular formula is C18H18ClFN4O3. The lowest BCUT2D eigenvalue weighted by Crippen LogP contribution is -2.40. The maximum absolute atomic E-state index is 13.9. The molecule has 0 aliphatic carbocycles. The summed E-state index contributed by atoms with van der Waals surface area (Å²) < 4.78 is 13.9. The molecule has 1 aliphatic heterocycles. The Morgan fingerprint density at radius 2 is 2.04 bits per heavy atom. The Hall–Kier alpha value is -2.58. The minimum atomic E-state index is -1.21. The van der Waals surface area contributed by atoms with Crippen LogP contribution in [0, 0.1) is 5.82 Å². The first-order valence-corrected chi connectivity index (χ1v) is 8.83. The third-order valence-electron chi connectivity index (χ3n) is 4.61. The molecule has 3 rings (SSSR count). The van der Waals surface area contributed by atoms with Crippen molar-refractivity contribution in [1.82, 2.24) is 20.2 Å². The van der Waals surface area contributed by atoms with Crippen molar-refractivity contribution in [1.29, 1.82) is 0 Å². The zero-order chi connectivity index (χ0) is 19.6. The molecule has 0 bridgehead atoms. The molecule has 2 atom stereocenters. The largest absolute Gasteiger partial charge is 0.476 e. The zero-order valence-corrected chi connectivity index (χ0v) is 15.3. The van der Waals surface area contributed by atoms with Crippen LogP contribution in [0.4, 0.5) is 4.39 Å². The van der Waals surface area contributed by atoms with E-state index in [0.717, 1.165) is 31.0 Å². The summed E-state index contributed by atoms with van der Waals surface area (Å²) in [6, 6.07) is 4.20. The molecule has 2 heterocycles. The number of rotatable bonds is 5. The molecule has 1 amide bonds. The lowest BCUT2D eigenvalue weighted by molar-refractivity contribution is 0.0688. The fourth-order valence-electron chi connectivity index (χ4n) is 3.30. The van der Waals surface area contributed by atoms with E-state index in [0.29, 0.717) is 6.42 Å². The van der Waals surface area contributed by atoms with E-state index in [1.165, 1.54) is 12.1 Å². The second-order valence-electron chi connectivity index (χ2n) is 6.21. The number of carboxylic acids is 1. The number of carbonyl (C=O) groups excluding carboxylic acids is 1. The van der Waals surface area contributed by atoms with Crippen molar-refractivity contribution in [3.8, 4) is 0 Å². The van der Waals surface area contributed by atoms with Crippen molar-refractivity contribution in [2.75, 3.05) is 13.1 Å². The van der Waals surface area contributed by atoms with Crippen molar-refractivity contribution >= 4 is 23.5 Å². The van der Waals surface area contributed by atoms with Gasteiger partial charge >= 0.3 is 5.97 Å². The first-order chi connectivity index (χ1) is 12.9. The molecular weight excluding hydrogens is 375 g/mol. The quantitative estimate of drug-likeness (QED) is 0.811. The second-order valence-corrected chi connectivity index (χ2v) is 6.61. The van der Waals surface area contributed by atoms with E-state index >= 15 is 0 Å². The predicted octanol–water partition coefficient (Wildman–Crippen LogP) is 2.53. The van der Waals surface area contributed by atoms with Gasteiger partial charge in [0, 0.05) is 6.54 Å². The number of aromatic carboxylic acids is 1. The normalized spacial score (nSPS) is 19.8. The molecule has 1 saturated heterocycles. The maximum Gasteiger partial charge on any atom is 0.356 e. The van der Waals surface area contributed by atoms with Crippen LogP contribution in [0.2, 0.25) is 5.02 Å². The summed E-state index contributed by atoms with van der Waals surface area (Å²) in [5.74, 6) is -2.17. The van der Waals surface area contributed by atoms with Crippen LogP contribution in [0.15, 0.2) is 30.6 Å². The van der Waals surface area contributed by atoms with Gasteiger partial charge in [-0.15, -0.1) is 0 Å². The molecule has 1 aliphatic rings. The number of hydrogen-bond acceptors (Lipinski definition) is 5. The molecule has 7 nitrogen and oxygen atoms in total. The third-order valence-corrected chi connectivity index (χ3v) is 4.92. The van der Waals surface area contributed by atoms with Gasteiger partial charge < -0.3 is 10.4 Å². The van der Waals surface area contributed by atoms with Gasteiger partial charge in [0.05, 0.1) is 29.5 Å². The topological polar surface area (TPSA) is 95.4 Å². The van der Waals surface area contributed by atoms with E-state index in [2.05, 4.69) is 20.2 Å². The van der Waals surface area contributed by atoms with Gasteiger partial charge in [0.15, 0.2) is 5.69 Å². The fraction of sp³-hybridized carbons (Fsp3) is 0.333. The van der Waals surface area contributed by atoms with Crippen LogP contribution in [0.25, 0.3) is 0 Å². The molecule has 1 aromatic heterocycles. The minimum absolute atomic E-state index is 0.0241. The molecule has 0 saturated carbocycles. The van der Waals surface area contributed by atoms with Crippen LogP contribution in [-0.4, -0.2) is 51.0 Å². The number of likely N-dealkylation sites (tertiary alicyclic amines) is 1. The first kappa shape index (κ1) is 19.2. The summed E-state index contributed by atoms with van der Waals surface area (Å²) in [6.07, 6.45) is 2.85. The van der Waals surface area contributed by atoms with Crippen LogP contribution in [0.3, 0.4) is 0 Å². The van der Waals surface area contributed by atoms with Crippen molar-refractivity contribution in [3.63, 3.8) is 0 Å². The van der Waals surface area contributed by atoms with Crippen LogP contribution >= 0.6 is 11.6 Å². The van der Waals surface area contributed by atoms with Gasteiger partial charge in [0.2, 0.25) is 0 Å². The van der Waals surface area contributed by atoms with Gasteiger partial charge in [0.1, 0.15) is 11.5 Å². The molecule has 0 spiro atoms. The molecule has 0 radical (unpaired) electrons. The second kappa shape index (κ2) is 7.98. The van der Waals surface area contributed by atoms with E-state index in [1.807, 2.05) is 6.92 Å². The summed E-state index contributed by atoms with van der Waals surface area (Å²) in [5, 5.41) is 11.8. The molecule has 27 heavy (non-hydrogen) atoms. The molecule has 1 aromatic carbocycles. The van der Waals surface area contributed by atoms with Gasteiger partial charge in [-0.2, -0.15) is 0 Å². The Labute approximate surface area is 160 Å². The van der Waals surface area contributed by atoms with Crippen molar-refractivity contribution in [2.45, 2.75) is 25.4 Å². The Bertz CT molecular complexity index is 862. The molecule has 2 aromatic rings. The van der Waals surface area contributed by atoms with Crippen LogP contribution in [-0.2, 0) is 0 Å². The van der Waals surface area contributed by atoms with E-state index in [4.69, 9.17) is 16.7 Å². The summed E-state index contributed by atoms with van der Waals surface area (Å²) >= 11 is 5.78. The number of benzene rings is 1. The number of carbonyl (C=O) groups is 2. The highest BCUT2D eigenvalue weighted by Gasteiger charge is 2.36. The van der Waals surface area contributed by atoms with Gasteiger partial charge in [-0.05, 0) is 30.7 Å². The number of amides is 1. The van der Waals surface area contributed by atoms with Crippen LogP contribution in [0.1, 0.15) is 45.9 Å². The number of hydrogen-bond donors (Lipinski definition) is 2. The first-order valence-electron chi connectivity index (χ1n) is 8.46. The highest BCUT2D eigenvalue weighted by atomic mass is 35.5. The van der Waals surface area contributed by atoms with Crippen molar-refractivity contribution < 1.29 is 19.1 Å². The highest BCUT2D eigenvalue weighted by Crippen LogP contribution is 2.33. The number of nitrogens with one attached hydrogen (secondary N) is 1. The van der Waals surface area contributed by atoms with E-state index in [1.54, 1.807) is 6.07 Å². The standard InChI is InChI=1S/C18H18ClFN4O3/c1-2-24-6-5-13(16(24)10-3-4-11(19)12(20)7-10)23-17(25)14-8-22-15(9-21-14)18(26)27/h3-4,7-9,13,16H,2,5-6H2,1H3,(H,23,25)(H,26,27). The minimum Gasteiger partial charge on any atom is -0.476 e. The van der Waals surface area contributed by atoms with Gasteiger partial charge in [-0.3, -0.25) is 9.69 Å². The summed E-state index contributed by atoms with van der Waals surface area (Å²) in [6.45, 7) is 3.49. The van der Waals surface area contributed by atoms with Gasteiger partial charge in [0.25, 0.3) is 5.91 Å². The molecule has 9 heteroatoms. The monoisotopic (exact) mass is 392 g/mol. The molecule has 142 valence electrons. The zero-order valence-electron chi connectivity index (χ0n) is 14.5. The average molecular weight is 393 g/mol. The Morgan fingerprint density at radius 1 is 1.33 bits per heavy atom. The average Bonchev–Trinajstić information content (AvgIpc) is 3.06. The molecule has 1 fully saturated rings. The lowest BCUT2D eigenvalue weighted by atomic mass is 9.99. The summed E-state index contributed by atoms with van der Waals surface area (Å²) in [7, 11) is 0. The Balaban J connectivity index is 1.80. The fourth-order valence-corrected chi connectivity index (χ4v) is 3.42. The number of halogens is 2. The Morgan fingerprint density at radius 3 is 2.63 bits per heavy atom. The summed E-state index contributed by atoms with van der Waals surface area (Å²) in [4.78, 5) is 33.0. The maximum atomic E-state index is 13.9. The van der Waals surface area contributed by atoms with E-state index in [-0.39, 0.29) is 28.5 Å². The van der Waals surface area contributed by atoms with Gasteiger partial charge in [-0.1, -0.05) is 24.6 Å². The van der Waals surface area contributed by atoms with Crippen LogP contribution < -0.4 is 5.32 Å². The molecule has 2 unspecified atom stereocenters. The smallest absolute Gasteiger partial charge is 0.356 e. The SMILES string of the molecule is CCN1CCC(NC(=O)c2cnc(C(=O)O)cn2)C1c1ccc(Cl)c(F)c1. The Kier molecular flexibility index (Phi) is 5.67. The lowest BCUT2D eigenvalue weighted by Gasteiger charge is -2.28. The van der Waals surface area contributed by atoms with Crippen LogP contribution in [0.5, 0.6) is 0 Å².